The Kier molecular flexibility index (Phi) is 4.10. The van der Waals surface area contributed by atoms with Crippen LogP contribution in [0.25, 0.3) is 0 Å². The molecule has 1 aromatic carbocycles. The molecule has 0 radical (unpaired) electrons. The second-order valence-electron chi connectivity index (χ2n) is 4.18. The van der Waals surface area contributed by atoms with Crippen LogP contribution in [0.1, 0.15) is 11.1 Å². The summed E-state index contributed by atoms with van der Waals surface area (Å²) < 4.78 is 1.60. The van der Waals surface area contributed by atoms with Crippen LogP contribution in [0.5, 0.6) is 0 Å². The van der Waals surface area contributed by atoms with Gasteiger partial charge in [0.25, 0.3) is 5.56 Å². The van der Waals surface area contributed by atoms with Crippen LogP contribution >= 0.6 is 0 Å². The van der Waals surface area contributed by atoms with Gasteiger partial charge in [0.15, 0.2) is 0 Å². The first kappa shape index (κ1) is 13.0. The highest BCUT2D eigenvalue weighted by atomic mass is 16.2. The van der Waals surface area contributed by atoms with Gasteiger partial charge in [-0.3, -0.25) is 15.0 Å². The normalized spacial score (nSPS) is 10.2. The number of hydrazine groups is 1. The standard InChI is InChI=1S/C14H15N3O2/c15-16-13(18)9-11-5-1-2-6-12(11)10-17-8-4-3-7-14(17)19/h1-8H,9-10,15H2,(H,16,18). The van der Waals surface area contributed by atoms with Gasteiger partial charge in [-0.1, -0.05) is 30.3 Å². The molecule has 2 rings (SSSR count). The lowest BCUT2D eigenvalue weighted by Gasteiger charge is -2.10. The van der Waals surface area contributed by atoms with Gasteiger partial charge >= 0.3 is 0 Å². The molecule has 0 saturated heterocycles. The first-order chi connectivity index (χ1) is 9.20. The molecule has 1 aromatic heterocycles. The molecule has 0 atom stereocenters. The SMILES string of the molecule is NNC(=O)Cc1ccccc1Cn1ccccc1=O. The van der Waals surface area contributed by atoms with Gasteiger partial charge in [-0.05, 0) is 17.2 Å². The fourth-order valence-electron chi connectivity index (χ4n) is 1.88. The predicted octanol–water partition coefficient (Wildman–Crippen LogP) is 0.429. The zero-order valence-electron chi connectivity index (χ0n) is 10.4. The predicted molar refractivity (Wildman–Crippen MR) is 72.3 cm³/mol. The summed E-state index contributed by atoms with van der Waals surface area (Å²) in [6.07, 6.45) is 1.93. The maximum atomic E-state index is 11.7. The Labute approximate surface area is 110 Å². The lowest BCUT2D eigenvalue weighted by Crippen LogP contribution is -2.31. The van der Waals surface area contributed by atoms with Crippen molar-refractivity contribution in [2.24, 2.45) is 5.84 Å². The van der Waals surface area contributed by atoms with Crippen molar-refractivity contribution in [2.45, 2.75) is 13.0 Å². The molecule has 19 heavy (non-hydrogen) atoms. The lowest BCUT2D eigenvalue weighted by molar-refractivity contribution is -0.120. The number of nitrogens with one attached hydrogen (secondary N) is 1. The van der Waals surface area contributed by atoms with Crippen molar-refractivity contribution in [3.8, 4) is 0 Å². The number of carbonyl (C=O) groups excluding carboxylic acids is 1. The third kappa shape index (κ3) is 3.29. The Bertz CT molecular complexity index is 634. The minimum absolute atomic E-state index is 0.0689. The van der Waals surface area contributed by atoms with Gasteiger partial charge in [-0.2, -0.15) is 0 Å². The molecule has 5 nitrogen and oxygen atoms in total. The number of amides is 1. The highest BCUT2D eigenvalue weighted by molar-refractivity contribution is 5.78. The lowest BCUT2D eigenvalue weighted by atomic mass is 10.0. The molecule has 0 fully saturated rings. The molecule has 5 heteroatoms. The molecule has 0 aliphatic rings. The minimum Gasteiger partial charge on any atom is -0.311 e. The van der Waals surface area contributed by atoms with Gasteiger partial charge in [0.1, 0.15) is 0 Å². The van der Waals surface area contributed by atoms with E-state index < -0.39 is 0 Å². The van der Waals surface area contributed by atoms with Crippen molar-refractivity contribution in [1.29, 1.82) is 0 Å². The molecule has 2 aromatic rings. The largest absolute Gasteiger partial charge is 0.311 e. The number of hydrogen-bond donors (Lipinski definition) is 2. The van der Waals surface area contributed by atoms with Crippen molar-refractivity contribution in [3.63, 3.8) is 0 Å². The molecule has 3 N–H and O–H groups in total. The number of hydrogen-bond acceptors (Lipinski definition) is 3. The first-order valence-corrected chi connectivity index (χ1v) is 5.92. The number of nitrogens with two attached hydrogens (primary N) is 1. The zero-order chi connectivity index (χ0) is 13.7. The summed E-state index contributed by atoms with van der Waals surface area (Å²) in [4.78, 5) is 23.0. The zero-order valence-corrected chi connectivity index (χ0v) is 10.4. The van der Waals surface area contributed by atoms with E-state index in [-0.39, 0.29) is 17.9 Å². The Morgan fingerprint density at radius 1 is 1.11 bits per heavy atom. The molecular formula is C14H15N3O2. The van der Waals surface area contributed by atoms with Crippen molar-refractivity contribution in [3.05, 3.63) is 70.1 Å². The average molecular weight is 257 g/mol. The van der Waals surface area contributed by atoms with Crippen LogP contribution in [-0.4, -0.2) is 10.5 Å². The Morgan fingerprint density at radius 3 is 2.47 bits per heavy atom. The monoisotopic (exact) mass is 257 g/mol. The third-order valence-electron chi connectivity index (χ3n) is 2.87. The highest BCUT2D eigenvalue weighted by Crippen LogP contribution is 2.10. The Balaban J connectivity index is 2.28. The minimum atomic E-state index is -0.257. The van der Waals surface area contributed by atoms with Crippen LogP contribution in [0.3, 0.4) is 0 Å². The van der Waals surface area contributed by atoms with E-state index in [1.807, 2.05) is 24.3 Å². The highest BCUT2D eigenvalue weighted by Gasteiger charge is 2.07. The molecular weight excluding hydrogens is 242 g/mol. The molecule has 0 spiro atoms. The topological polar surface area (TPSA) is 77.1 Å². The molecule has 0 aliphatic heterocycles. The van der Waals surface area contributed by atoms with Crippen molar-refractivity contribution >= 4 is 5.91 Å². The van der Waals surface area contributed by atoms with Crippen LogP contribution in [0, 0.1) is 0 Å². The molecule has 0 bridgehead atoms. The summed E-state index contributed by atoms with van der Waals surface area (Å²) in [5.74, 6) is 4.84. The van der Waals surface area contributed by atoms with E-state index in [2.05, 4.69) is 5.43 Å². The Hall–Kier alpha value is -2.40. The van der Waals surface area contributed by atoms with E-state index in [0.29, 0.717) is 6.54 Å². The van der Waals surface area contributed by atoms with Gasteiger partial charge in [-0.15, -0.1) is 0 Å². The van der Waals surface area contributed by atoms with Crippen molar-refractivity contribution in [2.75, 3.05) is 0 Å². The van der Waals surface area contributed by atoms with E-state index in [0.717, 1.165) is 11.1 Å². The van der Waals surface area contributed by atoms with Gasteiger partial charge in [0, 0.05) is 12.3 Å². The third-order valence-corrected chi connectivity index (χ3v) is 2.87. The Morgan fingerprint density at radius 2 is 1.79 bits per heavy atom. The number of carbonyl (C=O) groups is 1. The number of pyridine rings is 1. The smallest absolute Gasteiger partial charge is 0.250 e. The molecule has 98 valence electrons. The quantitative estimate of drug-likeness (QED) is 0.473. The molecule has 0 unspecified atom stereocenters. The van der Waals surface area contributed by atoms with E-state index in [1.54, 1.807) is 22.9 Å². The summed E-state index contributed by atoms with van der Waals surface area (Å²) in [5.41, 5.74) is 3.83. The van der Waals surface area contributed by atoms with Crippen molar-refractivity contribution in [1.82, 2.24) is 9.99 Å². The van der Waals surface area contributed by atoms with E-state index in [4.69, 9.17) is 5.84 Å². The van der Waals surface area contributed by atoms with E-state index >= 15 is 0 Å². The number of aromatic nitrogens is 1. The van der Waals surface area contributed by atoms with E-state index in [9.17, 15) is 9.59 Å². The van der Waals surface area contributed by atoms with Gasteiger partial charge in [-0.25, -0.2) is 5.84 Å². The average Bonchev–Trinajstić information content (AvgIpc) is 2.43. The molecule has 1 heterocycles. The maximum Gasteiger partial charge on any atom is 0.250 e. The summed E-state index contributed by atoms with van der Waals surface area (Å²) in [5, 5.41) is 0. The summed E-state index contributed by atoms with van der Waals surface area (Å²) in [7, 11) is 0. The summed E-state index contributed by atoms with van der Waals surface area (Å²) >= 11 is 0. The second kappa shape index (κ2) is 5.97. The maximum absolute atomic E-state index is 11.7. The summed E-state index contributed by atoms with van der Waals surface area (Å²) in [6, 6.07) is 12.5. The number of rotatable bonds is 4. The molecule has 0 saturated carbocycles. The first-order valence-electron chi connectivity index (χ1n) is 5.92. The van der Waals surface area contributed by atoms with Gasteiger partial charge in [0.2, 0.25) is 5.91 Å². The van der Waals surface area contributed by atoms with Gasteiger partial charge in [0.05, 0.1) is 13.0 Å². The molecule has 0 aliphatic carbocycles. The fraction of sp³-hybridized carbons (Fsp3) is 0.143. The second-order valence-corrected chi connectivity index (χ2v) is 4.18. The van der Waals surface area contributed by atoms with E-state index in [1.165, 1.54) is 6.07 Å². The van der Waals surface area contributed by atoms with Crippen LogP contribution in [-0.2, 0) is 17.8 Å². The van der Waals surface area contributed by atoms with Crippen LogP contribution in [0.4, 0.5) is 0 Å². The van der Waals surface area contributed by atoms with Crippen molar-refractivity contribution < 1.29 is 4.79 Å². The fourth-order valence-corrected chi connectivity index (χ4v) is 1.88. The van der Waals surface area contributed by atoms with Crippen LogP contribution in [0.2, 0.25) is 0 Å². The molecule has 1 amide bonds. The number of benzene rings is 1. The van der Waals surface area contributed by atoms with Gasteiger partial charge < -0.3 is 4.57 Å². The number of nitrogens with zero attached hydrogens (tertiary/aromatic N) is 1. The summed E-state index contributed by atoms with van der Waals surface area (Å²) in [6.45, 7) is 0.438. The van der Waals surface area contributed by atoms with Crippen LogP contribution in [0.15, 0.2) is 53.5 Å². The van der Waals surface area contributed by atoms with Crippen LogP contribution < -0.4 is 16.8 Å².